The Morgan fingerprint density at radius 3 is 2.76 bits per heavy atom. The Bertz CT molecular complexity index is 630. The molecule has 0 saturated heterocycles. The number of aryl methyl sites for hydroxylation is 1. The van der Waals surface area contributed by atoms with Gasteiger partial charge in [0, 0.05) is 15.5 Å². The van der Waals surface area contributed by atoms with Crippen LogP contribution in [0.5, 0.6) is 0 Å². The Morgan fingerprint density at radius 1 is 1.29 bits per heavy atom. The first-order chi connectivity index (χ1) is 10.0. The maximum atomic E-state index is 14.0. The summed E-state index contributed by atoms with van der Waals surface area (Å²) < 4.78 is 14.9. The van der Waals surface area contributed by atoms with Crippen LogP contribution in [0, 0.1) is 12.7 Å². The van der Waals surface area contributed by atoms with E-state index in [1.165, 1.54) is 6.07 Å². The largest absolute Gasteiger partial charge is 0.310 e. The monoisotopic (exact) mass is 369 g/mol. The molecular weight excluding hydrogens is 353 g/mol. The zero-order valence-electron chi connectivity index (χ0n) is 12.1. The smallest absolute Gasteiger partial charge is 0.126 e. The van der Waals surface area contributed by atoms with E-state index in [0.29, 0.717) is 12.0 Å². The molecule has 4 heteroatoms. The summed E-state index contributed by atoms with van der Waals surface area (Å²) in [5, 5.41) is 4.14. The first-order valence-corrected chi connectivity index (χ1v) is 8.12. The molecule has 0 saturated carbocycles. The van der Waals surface area contributed by atoms with Gasteiger partial charge in [0.25, 0.3) is 0 Å². The third kappa shape index (κ3) is 4.06. The number of likely N-dealkylation sites (N-methyl/N-ethyl adjacent to an activating group) is 1. The molecule has 0 spiro atoms. The zero-order chi connectivity index (χ0) is 15.4. The van der Waals surface area contributed by atoms with Crippen molar-refractivity contribution in [2.45, 2.75) is 26.3 Å². The lowest BCUT2D eigenvalue weighted by Crippen LogP contribution is -2.23. The quantitative estimate of drug-likeness (QED) is 0.738. The molecule has 1 N–H and O–H groups in total. The van der Waals surface area contributed by atoms with E-state index in [-0.39, 0.29) is 11.9 Å². The van der Waals surface area contributed by atoms with Crippen molar-refractivity contribution in [3.05, 3.63) is 68.4 Å². The molecule has 2 aromatic rings. The SMILES string of the molecule is CCNC(Cc1cc(Br)ccc1F)c1cccc(C)c1Cl. The van der Waals surface area contributed by atoms with Crippen LogP contribution < -0.4 is 5.32 Å². The highest BCUT2D eigenvalue weighted by Crippen LogP contribution is 2.29. The van der Waals surface area contributed by atoms with Crippen molar-refractivity contribution >= 4 is 27.5 Å². The molecule has 1 nitrogen and oxygen atoms in total. The van der Waals surface area contributed by atoms with Crippen LogP contribution in [-0.4, -0.2) is 6.54 Å². The van der Waals surface area contributed by atoms with Crippen molar-refractivity contribution in [1.29, 1.82) is 0 Å². The lowest BCUT2D eigenvalue weighted by atomic mass is 9.97. The number of rotatable bonds is 5. The number of halogens is 3. The van der Waals surface area contributed by atoms with Crippen molar-refractivity contribution in [2.24, 2.45) is 0 Å². The molecule has 2 aromatic carbocycles. The van der Waals surface area contributed by atoms with Crippen LogP contribution in [0.3, 0.4) is 0 Å². The first kappa shape index (κ1) is 16.5. The fourth-order valence-corrected chi connectivity index (χ4v) is 3.06. The van der Waals surface area contributed by atoms with Crippen molar-refractivity contribution < 1.29 is 4.39 Å². The molecule has 0 heterocycles. The average molecular weight is 371 g/mol. The topological polar surface area (TPSA) is 12.0 Å². The van der Waals surface area contributed by atoms with E-state index in [1.807, 2.05) is 38.1 Å². The summed E-state index contributed by atoms with van der Waals surface area (Å²) in [6.45, 7) is 4.81. The third-order valence-corrected chi connectivity index (χ3v) is 4.49. The molecule has 0 aromatic heterocycles. The molecule has 1 unspecified atom stereocenters. The highest BCUT2D eigenvalue weighted by atomic mass is 79.9. The van der Waals surface area contributed by atoms with Gasteiger partial charge in [0.05, 0.1) is 0 Å². The van der Waals surface area contributed by atoms with Crippen LogP contribution in [0.4, 0.5) is 4.39 Å². The fraction of sp³-hybridized carbons (Fsp3) is 0.294. The van der Waals surface area contributed by atoms with Gasteiger partial charge in [-0.1, -0.05) is 52.7 Å². The van der Waals surface area contributed by atoms with Gasteiger partial charge in [-0.3, -0.25) is 0 Å². The van der Waals surface area contributed by atoms with Gasteiger partial charge in [-0.15, -0.1) is 0 Å². The summed E-state index contributed by atoms with van der Waals surface area (Å²) in [5.41, 5.74) is 2.72. The minimum atomic E-state index is -0.190. The van der Waals surface area contributed by atoms with Crippen LogP contribution in [-0.2, 0) is 6.42 Å². The molecule has 0 fully saturated rings. The second-order valence-electron chi connectivity index (χ2n) is 5.03. The van der Waals surface area contributed by atoms with Crippen molar-refractivity contribution in [3.63, 3.8) is 0 Å². The average Bonchev–Trinajstić information content (AvgIpc) is 2.45. The molecule has 2 rings (SSSR count). The van der Waals surface area contributed by atoms with Crippen LogP contribution >= 0.6 is 27.5 Å². The second-order valence-corrected chi connectivity index (χ2v) is 6.32. The molecule has 0 aliphatic carbocycles. The summed E-state index contributed by atoms with van der Waals surface area (Å²) in [6, 6.07) is 11.0. The van der Waals surface area contributed by atoms with E-state index in [0.717, 1.165) is 27.2 Å². The molecular formula is C17H18BrClFN. The molecule has 112 valence electrons. The van der Waals surface area contributed by atoms with Gasteiger partial charge >= 0.3 is 0 Å². The van der Waals surface area contributed by atoms with Crippen LogP contribution in [0.2, 0.25) is 5.02 Å². The summed E-state index contributed by atoms with van der Waals surface area (Å²) in [4.78, 5) is 0. The van der Waals surface area contributed by atoms with Crippen LogP contribution in [0.1, 0.15) is 29.7 Å². The lowest BCUT2D eigenvalue weighted by Gasteiger charge is -2.21. The highest BCUT2D eigenvalue weighted by Gasteiger charge is 2.17. The van der Waals surface area contributed by atoms with Gasteiger partial charge in [0.2, 0.25) is 0 Å². The minimum absolute atomic E-state index is 0.00815. The molecule has 0 amide bonds. The van der Waals surface area contributed by atoms with E-state index in [4.69, 9.17) is 11.6 Å². The van der Waals surface area contributed by atoms with Gasteiger partial charge in [-0.2, -0.15) is 0 Å². The highest BCUT2D eigenvalue weighted by molar-refractivity contribution is 9.10. The van der Waals surface area contributed by atoms with Crippen molar-refractivity contribution in [1.82, 2.24) is 5.32 Å². The third-order valence-electron chi connectivity index (χ3n) is 3.48. The fourth-order valence-electron chi connectivity index (χ4n) is 2.40. The summed E-state index contributed by atoms with van der Waals surface area (Å²) in [5.74, 6) is -0.190. The Morgan fingerprint density at radius 2 is 2.05 bits per heavy atom. The predicted molar refractivity (Wildman–Crippen MR) is 90.4 cm³/mol. The van der Waals surface area contributed by atoms with E-state index >= 15 is 0 Å². The molecule has 0 radical (unpaired) electrons. The summed E-state index contributed by atoms with van der Waals surface area (Å²) in [6.07, 6.45) is 0.558. The normalized spacial score (nSPS) is 12.4. The number of nitrogens with one attached hydrogen (secondary N) is 1. The summed E-state index contributed by atoms with van der Waals surface area (Å²) >= 11 is 9.81. The van der Waals surface area contributed by atoms with Crippen LogP contribution in [0.15, 0.2) is 40.9 Å². The number of hydrogen-bond donors (Lipinski definition) is 1. The minimum Gasteiger partial charge on any atom is -0.310 e. The van der Waals surface area contributed by atoms with Gasteiger partial charge in [-0.05, 0) is 54.8 Å². The lowest BCUT2D eigenvalue weighted by molar-refractivity contribution is 0.527. The molecule has 21 heavy (non-hydrogen) atoms. The van der Waals surface area contributed by atoms with Crippen molar-refractivity contribution in [2.75, 3.05) is 6.54 Å². The second kappa shape index (κ2) is 7.39. The van der Waals surface area contributed by atoms with E-state index in [2.05, 4.69) is 21.2 Å². The van der Waals surface area contributed by atoms with E-state index in [1.54, 1.807) is 6.07 Å². The van der Waals surface area contributed by atoms with Gasteiger partial charge < -0.3 is 5.32 Å². The number of hydrogen-bond acceptors (Lipinski definition) is 1. The zero-order valence-corrected chi connectivity index (χ0v) is 14.4. The van der Waals surface area contributed by atoms with Gasteiger partial charge in [0.1, 0.15) is 5.82 Å². The Hall–Kier alpha value is -0.900. The number of benzene rings is 2. The van der Waals surface area contributed by atoms with Crippen molar-refractivity contribution in [3.8, 4) is 0 Å². The molecule has 0 aliphatic heterocycles. The van der Waals surface area contributed by atoms with Gasteiger partial charge in [0.15, 0.2) is 0 Å². The standard InChI is InChI=1S/C17H18BrClFN/c1-3-21-16(14-6-4-5-11(2)17(14)19)10-12-9-13(18)7-8-15(12)20/h4-9,16,21H,3,10H2,1-2H3. The molecule has 0 bridgehead atoms. The van der Waals surface area contributed by atoms with E-state index in [9.17, 15) is 4.39 Å². The van der Waals surface area contributed by atoms with Gasteiger partial charge in [-0.25, -0.2) is 4.39 Å². The van der Waals surface area contributed by atoms with Crippen LogP contribution in [0.25, 0.3) is 0 Å². The first-order valence-electron chi connectivity index (χ1n) is 6.95. The predicted octanol–water partition coefficient (Wildman–Crippen LogP) is 5.44. The maximum absolute atomic E-state index is 14.0. The molecule has 0 aliphatic rings. The molecule has 1 atom stereocenters. The summed E-state index contributed by atoms with van der Waals surface area (Å²) in [7, 11) is 0. The Kier molecular flexibility index (Phi) is 5.80. The van der Waals surface area contributed by atoms with E-state index < -0.39 is 0 Å². The Balaban J connectivity index is 2.35. The Labute approximate surface area is 138 Å². The maximum Gasteiger partial charge on any atom is 0.126 e.